The molecule has 0 aromatic heterocycles. The lowest BCUT2D eigenvalue weighted by Crippen LogP contribution is -2.42. The number of aliphatic hydroxyl groups excluding tert-OH is 1. The van der Waals surface area contributed by atoms with Crippen molar-refractivity contribution in [2.45, 2.75) is 24.8 Å². The van der Waals surface area contributed by atoms with Gasteiger partial charge in [0.05, 0.1) is 11.4 Å². The largest absolute Gasteiger partial charge is 0.384 e. The van der Waals surface area contributed by atoms with Crippen molar-refractivity contribution in [3.63, 3.8) is 0 Å². The van der Waals surface area contributed by atoms with E-state index in [1.165, 1.54) is 12.1 Å². The Morgan fingerprint density at radius 3 is 2.52 bits per heavy atom. The first-order chi connectivity index (χ1) is 9.80. The second kappa shape index (κ2) is 7.22. The molecule has 7 heteroatoms. The van der Waals surface area contributed by atoms with Crippen molar-refractivity contribution in [3.05, 3.63) is 29.8 Å². The van der Waals surface area contributed by atoms with Crippen LogP contribution in [0.2, 0.25) is 0 Å². The van der Waals surface area contributed by atoms with Crippen molar-refractivity contribution in [1.29, 1.82) is 0 Å². The van der Waals surface area contributed by atoms with E-state index < -0.39 is 28.5 Å². The Labute approximate surface area is 124 Å². The maximum absolute atomic E-state index is 12.7. The number of hydrogen-bond donors (Lipinski definition) is 2. The van der Waals surface area contributed by atoms with Gasteiger partial charge in [0.15, 0.2) is 0 Å². The quantitative estimate of drug-likeness (QED) is 0.742. The lowest BCUT2D eigenvalue weighted by molar-refractivity contribution is -0.118. The topological polar surface area (TPSA) is 101 Å². The summed E-state index contributed by atoms with van der Waals surface area (Å²) < 4.78 is 26.4. The predicted octanol–water partition coefficient (Wildman–Crippen LogP) is -0.0852. The molecule has 114 valence electrons. The van der Waals surface area contributed by atoms with Gasteiger partial charge in [0, 0.05) is 11.6 Å². The van der Waals surface area contributed by atoms with Crippen LogP contribution in [0.1, 0.15) is 19.4 Å². The van der Waals surface area contributed by atoms with Crippen LogP contribution in [0.3, 0.4) is 0 Å². The van der Waals surface area contributed by atoms with E-state index in [2.05, 4.69) is 11.8 Å². The molecule has 1 rings (SSSR count). The molecule has 0 unspecified atom stereocenters. The number of rotatable bonds is 5. The van der Waals surface area contributed by atoms with Crippen LogP contribution in [0.4, 0.5) is 0 Å². The molecule has 6 nitrogen and oxygen atoms in total. The molecule has 0 spiro atoms. The third kappa shape index (κ3) is 4.29. The predicted molar refractivity (Wildman–Crippen MR) is 78.6 cm³/mol. The van der Waals surface area contributed by atoms with Gasteiger partial charge in [0.1, 0.15) is 6.61 Å². The standard InChI is InChI=1S/C14H18N2O4S/c1-11(2)16(10-14(15)18)21(19,20)13-8-4-3-6-12(13)7-5-9-17/h3-4,6,8,11,17H,9-10H2,1-2H3,(H2,15,18). The van der Waals surface area contributed by atoms with Crippen molar-refractivity contribution in [1.82, 2.24) is 4.31 Å². The molecule has 0 aliphatic heterocycles. The van der Waals surface area contributed by atoms with Gasteiger partial charge in [-0.15, -0.1) is 0 Å². The molecule has 0 bridgehead atoms. The number of carbonyl (C=O) groups is 1. The van der Waals surface area contributed by atoms with E-state index in [9.17, 15) is 13.2 Å². The number of primary amides is 1. The van der Waals surface area contributed by atoms with Crippen LogP contribution >= 0.6 is 0 Å². The second-order valence-electron chi connectivity index (χ2n) is 4.57. The summed E-state index contributed by atoms with van der Waals surface area (Å²) in [7, 11) is -3.91. The van der Waals surface area contributed by atoms with Gasteiger partial charge in [-0.1, -0.05) is 24.0 Å². The molecule has 21 heavy (non-hydrogen) atoms. The molecule has 3 N–H and O–H groups in total. The van der Waals surface area contributed by atoms with E-state index in [-0.39, 0.29) is 17.1 Å². The van der Waals surface area contributed by atoms with Gasteiger partial charge < -0.3 is 10.8 Å². The molecular weight excluding hydrogens is 292 g/mol. The Morgan fingerprint density at radius 1 is 1.38 bits per heavy atom. The van der Waals surface area contributed by atoms with Crippen LogP contribution in [-0.4, -0.2) is 42.9 Å². The van der Waals surface area contributed by atoms with Gasteiger partial charge >= 0.3 is 0 Å². The normalized spacial score (nSPS) is 11.3. The third-order valence-corrected chi connectivity index (χ3v) is 4.74. The summed E-state index contributed by atoms with van der Waals surface area (Å²) in [4.78, 5) is 11.1. The number of hydrogen-bond acceptors (Lipinski definition) is 4. The smallest absolute Gasteiger partial charge is 0.245 e. The summed E-state index contributed by atoms with van der Waals surface area (Å²) in [6.45, 7) is 2.54. The van der Waals surface area contributed by atoms with Crippen LogP contribution in [0.25, 0.3) is 0 Å². The molecule has 1 aromatic carbocycles. The SMILES string of the molecule is CC(C)N(CC(N)=O)S(=O)(=O)c1ccccc1C#CCO. The Hall–Kier alpha value is -1.88. The zero-order chi connectivity index (χ0) is 16.0. The minimum absolute atomic E-state index is 0.0131. The first-order valence-corrected chi connectivity index (χ1v) is 7.73. The van der Waals surface area contributed by atoms with E-state index in [0.717, 1.165) is 4.31 Å². The van der Waals surface area contributed by atoms with Crippen molar-refractivity contribution in [2.75, 3.05) is 13.2 Å². The highest BCUT2D eigenvalue weighted by Gasteiger charge is 2.29. The van der Waals surface area contributed by atoms with Crippen LogP contribution in [-0.2, 0) is 14.8 Å². The summed E-state index contributed by atoms with van der Waals surface area (Å²) >= 11 is 0. The fourth-order valence-electron chi connectivity index (χ4n) is 1.75. The van der Waals surface area contributed by atoms with E-state index >= 15 is 0 Å². The first kappa shape index (κ1) is 17.2. The number of aliphatic hydroxyl groups is 1. The second-order valence-corrected chi connectivity index (χ2v) is 6.43. The first-order valence-electron chi connectivity index (χ1n) is 6.29. The molecule has 0 saturated carbocycles. The number of amides is 1. The zero-order valence-corrected chi connectivity index (χ0v) is 12.7. The van der Waals surface area contributed by atoms with Crippen molar-refractivity contribution < 1.29 is 18.3 Å². The molecular formula is C14H18N2O4S. The van der Waals surface area contributed by atoms with Crippen molar-refractivity contribution in [2.24, 2.45) is 5.73 Å². The van der Waals surface area contributed by atoms with Gasteiger partial charge in [-0.3, -0.25) is 4.79 Å². The van der Waals surface area contributed by atoms with Crippen molar-refractivity contribution in [3.8, 4) is 11.8 Å². The highest BCUT2D eigenvalue weighted by Crippen LogP contribution is 2.21. The van der Waals surface area contributed by atoms with Crippen LogP contribution in [0, 0.1) is 11.8 Å². The van der Waals surface area contributed by atoms with Gasteiger partial charge in [-0.05, 0) is 26.0 Å². The number of sulfonamides is 1. The molecule has 0 atom stereocenters. The molecule has 0 saturated heterocycles. The molecule has 0 fully saturated rings. The number of carbonyl (C=O) groups excluding carboxylic acids is 1. The highest BCUT2D eigenvalue weighted by atomic mass is 32.2. The molecule has 0 aliphatic carbocycles. The van der Waals surface area contributed by atoms with Gasteiger partial charge in [-0.25, -0.2) is 8.42 Å². The number of nitrogens with two attached hydrogens (primary N) is 1. The number of nitrogens with zero attached hydrogens (tertiary/aromatic N) is 1. The zero-order valence-electron chi connectivity index (χ0n) is 11.9. The van der Waals surface area contributed by atoms with E-state index in [0.29, 0.717) is 0 Å². The van der Waals surface area contributed by atoms with Crippen molar-refractivity contribution >= 4 is 15.9 Å². The highest BCUT2D eigenvalue weighted by molar-refractivity contribution is 7.89. The molecule has 0 heterocycles. The Kier molecular flexibility index (Phi) is 5.90. The minimum atomic E-state index is -3.91. The van der Waals surface area contributed by atoms with E-state index in [4.69, 9.17) is 10.8 Å². The van der Waals surface area contributed by atoms with Crippen LogP contribution in [0.5, 0.6) is 0 Å². The molecule has 1 amide bonds. The number of benzene rings is 1. The maximum Gasteiger partial charge on any atom is 0.245 e. The Balaban J connectivity index is 3.38. The van der Waals surface area contributed by atoms with Gasteiger partial charge in [-0.2, -0.15) is 4.31 Å². The fourth-order valence-corrected chi connectivity index (χ4v) is 3.51. The maximum atomic E-state index is 12.7. The third-order valence-electron chi connectivity index (χ3n) is 2.66. The van der Waals surface area contributed by atoms with Gasteiger partial charge in [0.25, 0.3) is 0 Å². The summed E-state index contributed by atoms with van der Waals surface area (Å²) in [5.41, 5.74) is 5.38. The summed E-state index contributed by atoms with van der Waals surface area (Å²) in [5.74, 6) is 4.28. The average molecular weight is 310 g/mol. The summed E-state index contributed by atoms with van der Waals surface area (Å²) in [5, 5.41) is 8.74. The lowest BCUT2D eigenvalue weighted by atomic mass is 10.2. The lowest BCUT2D eigenvalue weighted by Gasteiger charge is -2.25. The Bertz CT molecular complexity index is 672. The monoisotopic (exact) mass is 310 g/mol. The Morgan fingerprint density at radius 2 is 2.00 bits per heavy atom. The van der Waals surface area contributed by atoms with Gasteiger partial charge in [0.2, 0.25) is 15.9 Å². The molecule has 0 aliphatic rings. The van der Waals surface area contributed by atoms with Crippen LogP contribution < -0.4 is 5.73 Å². The minimum Gasteiger partial charge on any atom is -0.384 e. The average Bonchev–Trinajstić information content (AvgIpc) is 2.42. The molecule has 0 radical (unpaired) electrons. The van der Waals surface area contributed by atoms with Crippen LogP contribution in [0.15, 0.2) is 29.2 Å². The van der Waals surface area contributed by atoms with E-state index in [1.54, 1.807) is 26.0 Å². The summed E-state index contributed by atoms with van der Waals surface area (Å²) in [6, 6.07) is 5.74. The van der Waals surface area contributed by atoms with E-state index in [1.807, 2.05) is 0 Å². The summed E-state index contributed by atoms with van der Waals surface area (Å²) in [6.07, 6.45) is 0. The fraction of sp³-hybridized carbons (Fsp3) is 0.357. The molecule has 1 aromatic rings.